The van der Waals surface area contributed by atoms with Crippen LogP contribution in [0.25, 0.3) is 0 Å². The number of hydrogen-bond donors (Lipinski definition) is 1. The summed E-state index contributed by atoms with van der Waals surface area (Å²) in [6, 6.07) is 0. The summed E-state index contributed by atoms with van der Waals surface area (Å²) in [6.45, 7) is 0. The highest BCUT2D eigenvalue weighted by atomic mass is 16.0. The normalized spacial score (nSPS) is 4.50. The van der Waals surface area contributed by atoms with E-state index in [9.17, 15) is 0 Å². The summed E-state index contributed by atoms with van der Waals surface area (Å²) in [5, 5.41) is 2.75. The average Bonchev–Trinajstić information content (AvgIpc) is 0.918. The van der Waals surface area contributed by atoms with Gasteiger partial charge in [0.25, 0.3) is 0 Å². The van der Waals surface area contributed by atoms with E-state index in [1.54, 1.807) is 0 Å². The van der Waals surface area contributed by atoms with Crippen molar-refractivity contribution in [1.82, 2.24) is 5.32 Å². The SMILES string of the molecule is CNC.[OH-]. The molecule has 0 bridgehead atoms. The van der Waals surface area contributed by atoms with E-state index in [1.807, 2.05) is 14.1 Å². The summed E-state index contributed by atoms with van der Waals surface area (Å²) in [7, 11) is 3.75. The summed E-state index contributed by atoms with van der Waals surface area (Å²) < 4.78 is 0. The maximum absolute atomic E-state index is 2.75. The van der Waals surface area contributed by atoms with E-state index in [-0.39, 0.29) is 5.48 Å². The van der Waals surface area contributed by atoms with Gasteiger partial charge in [0.1, 0.15) is 0 Å². The van der Waals surface area contributed by atoms with Crippen LogP contribution in [0.3, 0.4) is 0 Å². The highest BCUT2D eigenvalue weighted by Crippen LogP contribution is 0.981. The fraction of sp³-hybridized carbons (Fsp3) is 1.00. The molecule has 0 aromatic carbocycles. The first kappa shape index (κ1) is 9.07. The fourth-order valence-corrected chi connectivity index (χ4v) is 0. The van der Waals surface area contributed by atoms with Gasteiger partial charge in [-0.3, -0.25) is 0 Å². The highest BCUT2D eigenvalue weighted by Gasteiger charge is 1.25. The second-order valence-electron chi connectivity index (χ2n) is 0.500. The van der Waals surface area contributed by atoms with E-state index in [0.717, 1.165) is 0 Å². The Bertz CT molecular complexity index is 6.00. The van der Waals surface area contributed by atoms with Crippen molar-refractivity contribution in [2.45, 2.75) is 0 Å². The van der Waals surface area contributed by atoms with Crippen LogP contribution in [0.2, 0.25) is 0 Å². The van der Waals surface area contributed by atoms with Gasteiger partial charge in [-0.05, 0) is 14.1 Å². The molecule has 2 nitrogen and oxygen atoms in total. The third-order valence-electron chi connectivity index (χ3n) is 0. The molecule has 0 saturated carbocycles. The molecule has 4 heavy (non-hydrogen) atoms. The molecule has 0 amide bonds. The molecular formula is C2H8NO-. The molecular weight excluding hydrogens is 54.0 g/mol. The molecule has 0 aliphatic heterocycles. The number of hydrogen-bond acceptors (Lipinski definition) is 2. The molecule has 2 heteroatoms. The van der Waals surface area contributed by atoms with E-state index in [0.29, 0.717) is 0 Å². The maximum Gasteiger partial charge on any atom is -0.0167 e. The average molecular weight is 62.1 g/mol. The zero-order valence-corrected chi connectivity index (χ0v) is 2.95. The Balaban J connectivity index is 0. The van der Waals surface area contributed by atoms with E-state index in [1.165, 1.54) is 0 Å². The first-order chi connectivity index (χ1) is 1.41. The summed E-state index contributed by atoms with van der Waals surface area (Å²) >= 11 is 0. The van der Waals surface area contributed by atoms with Gasteiger partial charge in [-0.2, -0.15) is 0 Å². The van der Waals surface area contributed by atoms with Gasteiger partial charge >= 0.3 is 0 Å². The number of rotatable bonds is 0. The van der Waals surface area contributed by atoms with Crippen LogP contribution in [0.15, 0.2) is 0 Å². The Morgan fingerprint density at radius 2 is 1.25 bits per heavy atom. The molecule has 0 unspecified atom stereocenters. The topological polar surface area (TPSA) is 42.0 Å². The Labute approximate surface area is 26.1 Å². The van der Waals surface area contributed by atoms with Gasteiger partial charge in [0.15, 0.2) is 0 Å². The van der Waals surface area contributed by atoms with Crippen LogP contribution in [0.4, 0.5) is 0 Å². The van der Waals surface area contributed by atoms with E-state index >= 15 is 0 Å². The molecule has 0 spiro atoms. The van der Waals surface area contributed by atoms with Gasteiger partial charge in [0, 0.05) is 0 Å². The van der Waals surface area contributed by atoms with Crippen molar-refractivity contribution in [1.29, 1.82) is 0 Å². The lowest BCUT2D eigenvalue weighted by atomic mass is 11.3. The molecule has 0 aromatic rings. The monoisotopic (exact) mass is 62.1 g/mol. The molecule has 0 fully saturated rings. The van der Waals surface area contributed by atoms with Crippen LogP contribution in [0, 0.1) is 0 Å². The maximum atomic E-state index is 2.75. The standard InChI is InChI=1S/C2H7N.H2O/c1-3-2;/h3H,1-2H3;1H2/p-1. The van der Waals surface area contributed by atoms with Gasteiger partial charge in [-0.25, -0.2) is 0 Å². The van der Waals surface area contributed by atoms with Gasteiger partial charge in [0.05, 0.1) is 0 Å². The van der Waals surface area contributed by atoms with Gasteiger partial charge in [-0.1, -0.05) is 0 Å². The van der Waals surface area contributed by atoms with Crippen molar-refractivity contribution in [2.24, 2.45) is 0 Å². The molecule has 0 aliphatic rings. The molecule has 2 N–H and O–H groups in total. The highest BCUT2D eigenvalue weighted by molar-refractivity contribution is 3.91. The molecule has 0 atom stereocenters. The van der Waals surface area contributed by atoms with Crippen molar-refractivity contribution in [3.8, 4) is 0 Å². The fourth-order valence-electron chi connectivity index (χ4n) is 0. The van der Waals surface area contributed by atoms with Gasteiger partial charge < -0.3 is 10.8 Å². The quantitative estimate of drug-likeness (QED) is 0.417. The summed E-state index contributed by atoms with van der Waals surface area (Å²) in [4.78, 5) is 0. The Hall–Kier alpha value is -0.0800. The van der Waals surface area contributed by atoms with Crippen molar-refractivity contribution < 1.29 is 5.48 Å². The van der Waals surface area contributed by atoms with Crippen LogP contribution < -0.4 is 5.32 Å². The summed E-state index contributed by atoms with van der Waals surface area (Å²) in [5.41, 5.74) is 0. The van der Waals surface area contributed by atoms with Crippen molar-refractivity contribution in [3.63, 3.8) is 0 Å². The zero-order chi connectivity index (χ0) is 2.71. The molecule has 0 heterocycles. The molecule has 0 saturated heterocycles. The number of nitrogens with one attached hydrogen (secondary N) is 1. The van der Waals surface area contributed by atoms with Crippen LogP contribution in [0.5, 0.6) is 0 Å². The first-order valence-corrected chi connectivity index (χ1v) is 1.00. The van der Waals surface area contributed by atoms with E-state index in [4.69, 9.17) is 0 Å². The zero-order valence-electron chi connectivity index (χ0n) is 2.95. The van der Waals surface area contributed by atoms with E-state index in [2.05, 4.69) is 5.32 Å². The molecule has 0 radical (unpaired) electrons. The van der Waals surface area contributed by atoms with Gasteiger partial charge in [0.2, 0.25) is 0 Å². The minimum absolute atomic E-state index is 0. The van der Waals surface area contributed by atoms with Crippen LogP contribution >= 0.6 is 0 Å². The Kier molecular flexibility index (Phi) is 28.8. The second-order valence-corrected chi connectivity index (χ2v) is 0.500. The Morgan fingerprint density at radius 3 is 1.25 bits per heavy atom. The molecule has 28 valence electrons. The van der Waals surface area contributed by atoms with Crippen molar-refractivity contribution in [3.05, 3.63) is 0 Å². The predicted octanol–water partition coefficient (Wildman–Crippen LogP) is -0.341. The van der Waals surface area contributed by atoms with Crippen LogP contribution in [-0.2, 0) is 0 Å². The predicted molar refractivity (Wildman–Crippen MR) is 16.9 cm³/mol. The molecule has 0 aliphatic carbocycles. The molecule has 0 aromatic heterocycles. The smallest absolute Gasteiger partial charge is 0.0167 e. The van der Waals surface area contributed by atoms with Crippen molar-refractivity contribution >= 4 is 0 Å². The molecule has 0 rings (SSSR count). The lowest BCUT2D eigenvalue weighted by molar-refractivity contribution is 0.824. The largest absolute Gasteiger partial charge is 0.870 e. The minimum atomic E-state index is 0. The Morgan fingerprint density at radius 1 is 1.25 bits per heavy atom. The van der Waals surface area contributed by atoms with Crippen LogP contribution in [-0.4, -0.2) is 19.6 Å². The minimum Gasteiger partial charge on any atom is -0.870 e. The third-order valence-corrected chi connectivity index (χ3v) is 0. The third kappa shape index (κ3) is 254. The lowest BCUT2D eigenvalue weighted by Gasteiger charge is -1.59. The van der Waals surface area contributed by atoms with Crippen LogP contribution in [0.1, 0.15) is 0 Å². The lowest BCUT2D eigenvalue weighted by Crippen LogP contribution is -1.89. The van der Waals surface area contributed by atoms with Crippen molar-refractivity contribution in [2.75, 3.05) is 14.1 Å². The van der Waals surface area contributed by atoms with Gasteiger partial charge in [-0.15, -0.1) is 0 Å². The summed E-state index contributed by atoms with van der Waals surface area (Å²) in [6.07, 6.45) is 0. The summed E-state index contributed by atoms with van der Waals surface area (Å²) in [5.74, 6) is 0. The first-order valence-electron chi connectivity index (χ1n) is 1.00. The van der Waals surface area contributed by atoms with E-state index < -0.39 is 0 Å². The second kappa shape index (κ2) is 12.7.